The molecule has 0 unspecified atom stereocenters. The van der Waals surface area contributed by atoms with Gasteiger partial charge in [0.15, 0.2) is 6.61 Å². The third-order valence-corrected chi connectivity index (χ3v) is 1.88. The summed E-state index contributed by atoms with van der Waals surface area (Å²) in [5.74, 6) is -0.429. The Balaban J connectivity index is 2.46. The number of amides is 1. The van der Waals surface area contributed by atoms with Gasteiger partial charge in [-0.15, -0.1) is 0 Å². The van der Waals surface area contributed by atoms with E-state index in [2.05, 4.69) is 4.74 Å². The topological polar surface area (TPSA) is 78.6 Å². The Morgan fingerprint density at radius 1 is 1.25 bits per heavy atom. The van der Waals surface area contributed by atoms with Gasteiger partial charge in [-0.2, -0.15) is 0 Å². The van der Waals surface area contributed by atoms with Gasteiger partial charge in [-0.3, -0.25) is 9.59 Å². The zero-order chi connectivity index (χ0) is 12.0. The molecule has 86 valence electrons. The first-order chi connectivity index (χ1) is 7.61. The predicted molar refractivity (Wildman–Crippen MR) is 56.9 cm³/mol. The molecule has 1 aromatic rings. The molecule has 0 bridgehead atoms. The number of nitrogens with two attached hydrogens (primary N) is 1. The molecule has 0 saturated heterocycles. The molecule has 0 aliphatic carbocycles. The van der Waals surface area contributed by atoms with Gasteiger partial charge in [0.25, 0.3) is 5.91 Å². The lowest BCUT2D eigenvalue weighted by molar-refractivity contribution is -0.147. The van der Waals surface area contributed by atoms with Crippen molar-refractivity contribution in [3.05, 3.63) is 29.8 Å². The van der Waals surface area contributed by atoms with Crippen LogP contribution in [-0.2, 0) is 20.7 Å². The van der Waals surface area contributed by atoms with E-state index in [1.165, 1.54) is 0 Å². The standard InChI is InChI=1S/C11H13NO4/c1-15-9-4-2-8(3-5-9)6-11(14)16-7-10(12)13/h2-5H,6-7H2,1H3,(H2,12,13). The molecule has 0 fully saturated rings. The molecule has 0 aromatic heterocycles. The van der Waals surface area contributed by atoms with Gasteiger partial charge in [0.05, 0.1) is 13.5 Å². The number of carbonyl (C=O) groups excluding carboxylic acids is 2. The quantitative estimate of drug-likeness (QED) is 0.726. The minimum Gasteiger partial charge on any atom is -0.497 e. The number of carbonyl (C=O) groups is 2. The summed E-state index contributed by atoms with van der Waals surface area (Å²) in [6, 6.07) is 7.00. The van der Waals surface area contributed by atoms with Gasteiger partial charge in [0, 0.05) is 0 Å². The summed E-state index contributed by atoms with van der Waals surface area (Å²) in [7, 11) is 1.57. The van der Waals surface area contributed by atoms with Crippen LogP contribution in [0.2, 0.25) is 0 Å². The van der Waals surface area contributed by atoms with Crippen molar-refractivity contribution >= 4 is 11.9 Å². The molecule has 0 saturated carbocycles. The average Bonchev–Trinajstić information content (AvgIpc) is 2.27. The first kappa shape index (κ1) is 12.0. The van der Waals surface area contributed by atoms with E-state index >= 15 is 0 Å². The molecular weight excluding hydrogens is 210 g/mol. The van der Waals surface area contributed by atoms with Gasteiger partial charge in [-0.05, 0) is 17.7 Å². The number of hydrogen-bond donors (Lipinski definition) is 1. The maximum absolute atomic E-state index is 11.2. The Kier molecular flexibility index (Phi) is 4.32. The second-order valence-electron chi connectivity index (χ2n) is 3.15. The van der Waals surface area contributed by atoms with E-state index in [1.54, 1.807) is 31.4 Å². The summed E-state index contributed by atoms with van der Waals surface area (Å²) in [5.41, 5.74) is 5.63. The minimum absolute atomic E-state index is 0.108. The fraction of sp³-hybridized carbons (Fsp3) is 0.273. The molecular formula is C11H13NO4. The third kappa shape index (κ3) is 4.00. The van der Waals surface area contributed by atoms with Crippen molar-refractivity contribution in [1.29, 1.82) is 0 Å². The molecule has 0 atom stereocenters. The van der Waals surface area contributed by atoms with E-state index in [0.717, 1.165) is 5.56 Å². The van der Waals surface area contributed by atoms with Crippen molar-refractivity contribution in [2.24, 2.45) is 5.73 Å². The second-order valence-corrected chi connectivity index (χ2v) is 3.15. The summed E-state index contributed by atoms with van der Waals surface area (Å²) < 4.78 is 9.59. The molecule has 5 nitrogen and oxygen atoms in total. The molecule has 5 heteroatoms. The van der Waals surface area contributed by atoms with Gasteiger partial charge < -0.3 is 15.2 Å². The highest BCUT2D eigenvalue weighted by atomic mass is 16.5. The average molecular weight is 223 g/mol. The van der Waals surface area contributed by atoms with E-state index < -0.39 is 11.9 Å². The van der Waals surface area contributed by atoms with Gasteiger partial charge in [-0.1, -0.05) is 12.1 Å². The van der Waals surface area contributed by atoms with E-state index in [1.807, 2.05) is 0 Å². The molecule has 1 aromatic carbocycles. The molecule has 0 aliphatic rings. The lowest BCUT2D eigenvalue weighted by Crippen LogP contribution is -2.21. The maximum Gasteiger partial charge on any atom is 0.310 e. The van der Waals surface area contributed by atoms with Crippen molar-refractivity contribution in [2.75, 3.05) is 13.7 Å². The van der Waals surface area contributed by atoms with Gasteiger partial charge in [-0.25, -0.2) is 0 Å². The fourth-order valence-electron chi connectivity index (χ4n) is 1.11. The number of ether oxygens (including phenoxy) is 2. The van der Waals surface area contributed by atoms with Crippen molar-refractivity contribution < 1.29 is 19.1 Å². The van der Waals surface area contributed by atoms with Crippen LogP contribution in [0.5, 0.6) is 5.75 Å². The molecule has 0 heterocycles. The third-order valence-electron chi connectivity index (χ3n) is 1.88. The van der Waals surface area contributed by atoms with Crippen LogP contribution in [0.3, 0.4) is 0 Å². The highest BCUT2D eigenvalue weighted by molar-refractivity contribution is 5.79. The Labute approximate surface area is 93.1 Å². The van der Waals surface area contributed by atoms with Crippen LogP contribution in [-0.4, -0.2) is 25.6 Å². The zero-order valence-electron chi connectivity index (χ0n) is 8.93. The Hall–Kier alpha value is -2.04. The Morgan fingerprint density at radius 2 is 1.88 bits per heavy atom. The summed E-state index contributed by atoms with van der Waals surface area (Å²) in [5, 5.41) is 0. The fourth-order valence-corrected chi connectivity index (χ4v) is 1.11. The first-order valence-corrected chi connectivity index (χ1v) is 4.68. The zero-order valence-corrected chi connectivity index (χ0v) is 8.93. The molecule has 0 radical (unpaired) electrons. The molecule has 0 spiro atoms. The molecule has 1 rings (SSSR count). The smallest absolute Gasteiger partial charge is 0.310 e. The van der Waals surface area contributed by atoms with Crippen molar-refractivity contribution in [1.82, 2.24) is 0 Å². The van der Waals surface area contributed by atoms with Crippen molar-refractivity contribution in [2.45, 2.75) is 6.42 Å². The Morgan fingerprint density at radius 3 is 2.38 bits per heavy atom. The first-order valence-electron chi connectivity index (χ1n) is 4.68. The van der Waals surface area contributed by atoms with E-state index in [0.29, 0.717) is 5.75 Å². The van der Waals surface area contributed by atoms with E-state index in [4.69, 9.17) is 10.5 Å². The lowest BCUT2D eigenvalue weighted by atomic mass is 10.1. The summed E-state index contributed by atoms with van der Waals surface area (Å²) in [6.07, 6.45) is 0.108. The number of rotatable bonds is 5. The number of primary amides is 1. The van der Waals surface area contributed by atoms with Crippen LogP contribution in [0.1, 0.15) is 5.56 Å². The number of hydrogen-bond acceptors (Lipinski definition) is 4. The largest absolute Gasteiger partial charge is 0.497 e. The molecule has 16 heavy (non-hydrogen) atoms. The lowest BCUT2D eigenvalue weighted by Gasteiger charge is -2.03. The SMILES string of the molecule is COc1ccc(CC(=O)OCC(N)=O)cc1. The molecule has 0 aliphatic heterocycles. The van der Waals surface area contributed by atoms with Gasteiger partial charge in [0.1, 0.15) is 5.75 Å². The number of esters is 1. The van der Waals surface area contributed by atoms with Crippen LogP contribution in [0.15, 0.2) is 24.3 Å². The van der Waals surface area contributed by atoms with E-state index in [9.17, 15) is 9.59 Å². The predicted octanol–water partition coefficient (Wildman–Crippen LogP) is 0.266. The van der Waals surface area contributed by atoms with Crippen molar-refractivity contribution in [3.63, 3.8) is 0 Å². The van der Waals surface area contributed by atoms with Crippen LogP contribution >= 0.6 is 0 Å². The molecule has 2 N–H and O–H groups in total. The molecule has 1 amide bonds. The minimum atomic E-state index is -0.664. The second kappa shape index (κ2) is 5.75. The van der Waals surface area contributed by atoms with Crippen LogP contribution in [0, 0.1) is 0 Å². The number of benzene rings is 1. The summed E-state index contributed by atoms with van der Waals surface area (Å²) in [4.78, 5) is 21.6. The number of methoxy groups -OCH3 is 1. The Bertz CT molecular complexity index is 372. The monoisotopic (exact) mass is 223 g/mol. The summed E-state index contributed by atoms with van der Waals surface area (Å²) in [6.45, 7) is -0.380. The normalized spacial score (nSPS) is 9.56. The van der Waals surface area contributed by atoms with Gasteiger partial charge >= 0.3 is 5.97 Å². The van der Waals surface area contributed by atoms with Crippen molar-refractivity contribution in [3.8, 4) is 5.75 Å². The van der Waals surface area contributed by atoms with Crippen LogP contribution in [0.4, 0.5) is 0 Å². The summed E-state index contributed by atoms with van der Waals surface area (Å²) >= 11 is 0. The highest BCUT2D eigenvalue weighted by Crippen LogP contribution is 2.11. The van der Waals surface area contributed by atoms with Crippen LogP contribution < -0.4 is 10.5 Å². The van der Waals surface area contributed by atoms with E-state index in [-0.39, 0.29) is 13.0 Å². The maximum atomic E-state index is 11.2. The van der Waals surface area contributed by atoms with Crippen LogP contribution in [0.25, 0.3) is 0 Å². The highest BCUT2D eigenvalue weighted by Gasteiger charge is 2.06. The van der Waals surface area contributed by atoms with Gasteiger partial charge in [0.2, 0.25) is 0 Å².